The number of carbonyl (C=O) groups is 1. The molecule has 3 fully saturated rings. The number of aliphatic hydroxyl groups excluding tert-OH is 1. The van der Waals surface area contributed by atoms with E-state index in [4.69, 9.17) is 0 Å². The molecule has 3 rings (SSSR count). The van der Waals surface area contributed by atoms with E-state index >= 15 is 0 Å². The number of rotatable bonds is 3. The molecule has 1 heterocycles. The van der Waals surface area contributed by atoms with Crippen molar-refractivity contribution in [3.05, 3.63) is 0 Å². The highest BCUT2D eigenvalue weighted by atomic mass is 16.3. The zero-order valence-corrected chi connectivity index (χ0v) is 13.3. The lowest BCUT2D eigenvalue weighted by Crippen LogP contribution is -2.46. The van der Waals surface area contributed by atoms with Gasteiger partial charge < -0.3 is 15.3 Å². The van der Waals surface area contributed by atoms with Gasteiger partial charge in [0.1, 0.15) is 0 Å². The van der Waals surface area contributed by atoms with Crippen LogP contribution in [0.3, 0.4) is 0 Å². The Bertz CT molecular complexity index is 358. The second kappa shape index (κ2) is 6.55. The molecule has 2 saturated carbocycles. The Labute approximate surface area is 128 Å². The van der Waals surface area contributed by atoms with Crippen molar-refractivity contribution in [3.8, 4) is 0 Å². The Morgan fingerprint density at radius 3 is 2.43 bits per heavy atom. The number of likely N-dealkylation sites (tertiary alicyclic amines) is 1. The first kappa shape index (κ1) is 15.1. The number of urea groups is 1. The van der Waals surface area contributed by atoms with Crippen LogP contribution in [0.15, 0.2) is 0 Å². The van der Waals surface area contributed by atoms with E-state index < -0.39 is 0 Å². The molecule has 0 aromatic carbocycles. The number of carbonyl (C=O) groups excluding carboxylic acids is 1. The fraction of sp³-hybridized carbons (Fsp3) is 0.941. The van der Waals surface area contributed by atoms with Crippen LogP contribution in [0.25, 0.3) is 0 Å². The van der Waals surface area contributed by atoms with E-state index in [1.165, 1.54) is 38.5 Å². The highest BCUT2D eigenvalue weighted by Gasteiger charge is 2.44. The quantitative estimate of drug-likeness (QED) is 0.841. The summed E-state index contributed by atoms with van der Waals surface area (Å²) in [4.78, 5) is 14.2. The first-order valence-electron chi connectivity index (χ1n) is 8.88. The molecule has 0 radical (unpaired) electrons. The van der Waals surface area contributed by atoms with E-state index in [-0.39, 0.29) is 12.1 Å². The Morgan fingerprint density at radius 1 is 1.14 bits per heavy atom. The van der Waals surface area contributed by atoms with Crippen molar-refractivity contribution < 1.29 is 9.90 Å². The van der Waals surface area contributed by atoms with Crippen LogP contribution in [0.5, 0.6) is 0 Å². The van der Waals surface area contributed by atoms with Gasteiger partial charge in [-0.05, 0) is 43.9 Å². The Balaban J connectivity index is 1.39. The SMILES string of the molecule is CC(O)C1CCN(C(=O)NC2CC2C2CCCCC2)CC1. The minimum absolute atomic E-state index is 0.127. The predicted octanol–water partition coefficient (Wildman–Crippen LogP) is 2.76. The summed E-state index contributed by atoms with van der Waals surface area (Å²) in [7, 11) is 0. The topological polar surface area (TPSA) is 52.6 Å². The standard InChI is InChI=1S/C17H30N2O2/c1-12(20)13-7-9-19(10-8-13)17(21)18-16-11-15(16)14-5-3-2-4-6-14/h12-16,20H,2-11H2,1H3,(H,18,21). The zero-order chi connectivity index (χ0) is 14.8. The Hall–Kier alpha value is -0.770. The lowest BCUT2D eigenvalue weighted by Gasteiger charge is -2.33. The van der Waals surface area contributed by atoms with Crippen molar-refractivity contribution in [2.75, 3.05) is 13.1 Å². The van der Waals surface area contributed by atoms with Crippen molar-refractivity contribution in [1.82, 2.24) is 10.2 Å². The van der Waals surface area contributed by atoms with Crippen molar-refractivity contribution in [2.45, 2.75) is 70.4 Å². The number of amides is 2. The van der Waals surface area contributed by atoms with Crippen molar-refractivity contribution in [2.24, 2.45) is 17.8 Å². The molecule has 0 aromatic rings. The number of hydrogen-bond donors (Lipinski definition) is 2. The number of nitrogens with zero attached hydrogens (tertiary/aromatic N) is 1. The predicted molar refractivity (Wildman–Crippen MR) is 83.0 cm³/mol. The fourth-order valence-corrected chi connectivity index (χ4v) is 4.30. The summed E-state index contributed by atoms with van der Waals surface area (Å²) in [6, 6.07) is 0.567. The molecule has 2 aliphatic carbocycles. The van der Waals surface area contributed by atoms with Gasteiger partial charge in [-0.1, -0.05) is 32.1 Å². The van der Waals surface area contributed by atoms with Crippen LogP contribution in [-0.4, -0.2) is 41.3 Å². The third-order valence-corrected chi connectivity index (χ3v) is 5.91. The minimum Gasteiger partial charge on any atom is -0.393 e. The van der Waals surface area contributed by atoms with E-state index in [0.29, 0.717) is 12.0 Å². The van der Waals surface area contributed by atoms with Crippen LogP contribution in [0.2, 0.25) is 0 Å². The van der Waals surface area contributed by atoms with Gasteiger partial charge in [-0.25, -0.2) is 4.79 Å². The number of nitrogens with one attached hydrogen (secondary N) is 1. The molecule has 0 spiro atoms. The van der Waals surface area contributed by atoms with E-state index in [9.17, 15) is 9.90 Å². The molecule has 4 heteroatoms. The number of aliphatic hydroxyl groups is 1. The highest BCUT2D eigenvalue weighted by Crippen LogP contribution is 2.44. The lowest BCUT2D eigenvalue weighted by molar-refractivity contribution is 0.0796. The number of hydrogen-bond acceptors (Lipinski definition) is 2. The lowest BCUT2D eigenvalue weighted by atomic mass is 9.85. The molecular formula is C17H30N2O2. The molecule has 120 valence electrons. The molecule has 3 atom stereocenters. The van der Waals surface area contributed by atoms with Crippen LogP contribution in [0.4, 0.5) is 4.79 Å². The van der Waals surface area contributed by atoms with Crippen LogP contribution in [0.1, 0.15) is 58.3 Å². The molecule has 3 unspecified atom stereocenters. The smallest absolute Gasteiger partial charge is 0.317 e. The molecular weight excluding hydrogens is 264 g/mol. The fourth-order valence-electron chi connectivity index (χ4n) is 4.30. The minimum atomic E-state index is -0.241. The third-order valence-electron chi connectivity index (χ3n) is 5.91. The normalized spacial score (nSPS) is 32.8. The molecule has 0 aromatic heterocycles. The van der Waals surface area contributed by atoms with Crippen LogP contribution in [-0.2, 0) is 0 Å². The maximum atomic E-state index is 12.3. The summed E-state index contributed by atoms with van der Waals surface area (Å²) in [5.41, 5.74) is 0. The summed E-state index contributed by atoms with van der Waals surface area (Å²) < 4.78 is 0. The van der Waals surface area contributed by atoms with Gasteiger partial charge in [-0.15, -0.1) is 0 Å². The summed E-state index contributed by atoms with van der Waals surface area (Å²) >= 11 is 0. The highest BCUT2D eigenvalue weighted by molar-refractivity contribution is 5.75. The van der Waals surface area contributed by atoms with Crippen molar-refractivity contribution in [3.63, 3.8) is 0 Å². The van der Waals surface area contributed by atoms with Gasteiger partial charge in [-0.2, -0.15) is 0 Å². The second-order valence-corrected chi connectivity index (χ2v) is 7.42. The van der Waals surface area contributed by atoms with Crippen LogP contribution < -0.4 is 5.32 Å². The summed E-state index contributed by atoms with van der Waals surface area (Å²) in [6.45, 7) is 3.45. The Kier molecular flexibility index (Phi) is 4.72. The van der Waals surface area contributed by atoms with E-state index in [1.807, 2.05) is 11.8 Å². The third kappa shape index (κ3) is 3.71. The molecule has 2 N–H and O–H groups in total. The first-order valence-corrected chi connectivity index (χ1v) is 8.88. The molecule has 3 aliphatic rings. The zero-order valence-electron chi connectivity index (χ0n) is 13.3. The van der Waals surface area contributed by atoms with Gasteiger partial charge >= 0.3 is 6.03 Å². The van der Waals surface area contributed by atoms with Crippen molar-refractivity contribution >= 4 is 6.03 Å². The summed E-state index contributed by atoms with van der Waals surface area (Å²) in [6.07, 6.45) is 9.73. The number of piperidine rings is 1. The largest absolute Gasteiger partial charge is 0.393 e. The molecule has 1 aliphatic heterocycles. The average molecular weight is 294 g/mol. The maximum Gasteiger partial charge on any atom is 0.317 e. The van der Waals surface area contributed by atoms with E-state index in [1.54, 1.807) is 0 Å². The van der Waals surface area contributed by atoms with Crippen molar-refractivity contribution in [1.29, 1.82) is 0 Å². The average Bonchev–Trinajstić information content (AvgIpc) is 3.27. The van der Waals surface area contributed by atoms with E-state index in [0.717, 1.165) is 37.8 Å². The van der Waals surface area contributed by atoms with Gasteiger partial charge in [0.2, 0.25) is 0 Å². The molecule has 1 saturated heterocycles. The molecule has 4 nitrogen and oxygen atoms in total. The van der Waals surface area contributed by atoms with Gasteiger partial charge in [0.05, 0.1) is 6.10 Å². The molecule has 2 amide bonds. The van der Waals surface area contributed by atoms with Crippen LogP contribution in [0, 0.1) is 17.8 Å². The second-order valence-electron chi connectivity index (χ2n) is 7.42. The maximum absolute atomic E-state index is 12.3. The summed E-state index contributed by atoms with van der Waals surface area (Å²) in [5, 5.41) is 12.9. The van der Waals surface area contributed by atoms with Crippen LogP contribution >= 0.6 is 0 Å². The van der Waals surface area contributed by atoms with Gasteiger partial charge in [0.15, 0.2) is 0 Å². The Morgan fingerprint density at radius 2 is 1.81 bits per heavy atom. The molecule has 21 heavy (non-hydrogen) atoms. The van der Waals surface area contributed by atoms with Gasteiger partial charge in [0, 0.05) is 19.1 Å². The van der Waals surface area contributed by atoms with E-state index in [2.05, 4.69) is 5.32 Å². The van der Waals surface area contributed by atoms with Gasteiger partial charge in [-0.3, -0.25) is 0 Å². The van der Waals surface area contributed by atoms with Gasteiger partial charge in [0.25, 0.3) is 0 Å². The first-order chi connectivity index (χ1) is 10.1. The monoisotopic (exact) mass is 294 g/mol. The summed E-state index contributed by atoms with van der Waals surface area (Å²) in [5.74, 6) is 1.99. The molecule has 0 bridgehead atoms.